The molecule has 1 aliphatic heterocycles. The molecule has 3 aromatic rings. The Morgan fingerprint density at radius 2 is 1.76 bits per heavy atom. The van der Waals surface area contributed by atoms with E-state index >= 15 is 0 Å². The molecule has 4 rings (SSSR count). The molecule has 2 aromatic carbocycles. The second kappa shape index (κ2) is 7.06. The lowest BCUT2D eigenvalue weighted by Gasteiger charge is -2.32. The van der Waals surface area contributed by atoms with E-state index in [9.17, 15) is 27.2 Å². The normalized spacial score (nSPS) is 15.8. The number of halogens is 4. The Balaban J connectivity index is 1.52. The van der Waals surface area contributed by atoms with Gasteiger partial charge in [-0.25, -0.2) is 9.18 Å². The van der Waals surface area contributed by atoms with Crippen LogP contribution in [0, 0.1) is 5.82 Å². The van der Waals surface area contributed by atoms with Crippen LogP contribution < -0.4 is 5.69 Å². The lowest BCUT2D eigenvalue weighted by atomic mass is 10.0. The number of nitrogens with zero attached hydrogens (tertiary/aromatic N) is 2. The first-order valence-corrected chi connectivity index (χ1v) is 9.11. The van der Waals surface area contributed by atoms with Gasteiger partial charge in [-0.05, 0) is 43.2 Å². The third kappa shape index (κ3) is 3.52. The zero-order chi connectivity index (χ0) is 20.8. The van der Waals surface area contributed by atoms with Crippen molar-refractivity contribution in [1.29, 1.82) is 0 Å². The summed E-state index contributed by atoms with van der Waals surface area (Å²) in [5.74, 6) is -1.99. The van der Waals surface area contributed by atoms with Crippen molar-refractivity contribution >= 4 is 16.9 Å². The predicted molar refractivity (Wildman–Crippen MR) is 98.1 cm³/mol. The molecule has 2 heterocycles. The highest BCUT2D eigenvalue weighted by Gasteiger charge is 2.35. The molecular formula is C20H17F4N3O2. The second-order valence-electron chi connectivity index (χ2n) is 7.03. The molecule has 0 radical (unpaired) electrons. The Morgan fingerprint density at radius 3 is 2.45 bits per heavy atom. The topological polar surface area (TPSA) is 58.1 Å². The number of para-hydroxylation sites is 2. The van der Waals surface area contributed by atoms with Gasteiger partial charge in [-0.15, -0.1) is 0 Å². The molecule has 0 unspecified atom stereocenters. The van der Waals surface area contributed by atoms with Gasteiger partial charge in [-0.1, -0.05) is 12.1 Å². The average Bonchev–Trinajstić information content (AvgIpc) is 3.03. The van der Waals surface area contributed by atoms with E-state index in [1.54, 1.807) is 10.6 Å². The molecule has 1 N–H and O–H groups in total. The highest BCUT2D eigenvalue weighted by atomic mass is 19.4. The van der Waals surface area contributed by atoms with E-state index in [2.05, 4.69) is 4.98 Å². The zero-order valence-electron chi connectivity index (χ0n) is 15.2. The molecule has 0 spiro atoms. The van der Waals surface area contributed by atoms with Crippen LogP contribution in [0.2, 0.25) is 0 Å². The fourth-order valence-corrected chi connectivity index (χ4v) is 3.82. The lowest BCUT2D eigenvalue weighted by Crippen LogP contribution is -2.40. The van der Waals surface area contributed by atoms with Gasteiger partial charge in [0.25, 0.3) is 5.91 Å². The molecule has 5 nitrogen and oxygen atoms in total. The largest absolute Gasteiger partial charge is 0.419 e. The van der Waals surface area contributed by atoms with Gasteiger partial charge in [0.15, 0.2) is 0 Å². The van der Waals surface area contributed by atoms with Crippen LogP contribution in [0.5, 0.6) is 0 Å². The first kappa shape index (κ1) is 19.2. The molecule has 0 bridgehead atoms. The van der Waals surface area contributed by atoms with E-state index in [0.717, 1.165) is 17.1 Å². The third-order valence-corrected chi connectivity index (χ3v) is 5.26. The number of alkyl halides is 3. The molecule has 0 saturated carbocycles. The van der Waals surface area contributed by atoms with Gasteiger partial charge in [0.05, 0.1) is 16.6 Å². The number of fused-ring (bicyclic) bond motifs is 1. The number of H-pyrrole nitrogens is 1. The van der Waals surface area contributed by atoms with Gasteiger partial charge in [-0.3, -0.25) is 9.36 Å². The molecule has 1 aliphatic rings. The van der Waals surface area contributed by atoms with Crippen molar-refractivity contribution in [1.82, 2.24) is 14.5 Å². The number of likely N-dealkylation sites (tertiary alicyclic amines) is 1. The number of carbonyl (C=O) groups excluding carboxylic acids is 1. The SMILES string of the molecule is O=C(c1ccc(F)c(C(F)(F)F)c1)N1CCC(n2c(=O)[nH]c3ccccc32)CC1. The summed E-state index contributed by atoms with van der Waals surface area (Å²) in [5, 5.41) is 0. The quantitative estimate of drug-likeness (QED) is 0.654. The zero-order valence-corrected chi connectivity index (χ0v) is 15.2. The fraction of sp³-hybridized carbons (Fsp3) is 0.300. The third-order valence-electron chi connectivity index (χ3n) is 5.26. The number of rotatable bonds is 2. The molecule has 1 saturated heterocycles. The molecule has 29 heavy (non-hydrogen) atoms. The van der Waals surface area contributed by atoms with E-state index in [1.807, 2.05) is 18.2 Å². The molecule has 1 aromatic heterocycles. The summed E-state index contributed by atoms with van der Waals surface area (Å²) in [6.45, 7) is 0.572. The first-order valence-electron chi connectivity index (χ1n) is 9.11. The summed E-state index contributed by atoms with van der Waals surface area (Å²) in [7, 11) is 0. The predicted octanol–water partition coefficient (Wildman–Crippen LogP) is 3.96. The second-order valence-corrected chi connectivity index (χ2v) is 7.03. The molecular weight excluding hydrogens is 390 g/mol. The Kier molecular flexibility index (Phi) is 4.68. The summed E-state index contributed by atoms with van der Waals surface area (Å²) in [4.78, 5) is 29.2. The van der Waals surface area contributed by atoms with E-state index in [0.29, 0.717) is 25.0 Å². The maximum absolute atomic E-state index is 13.5. The maximum atomic E-state index is 13.5. The van der Waals surface area contributed by atoms with Gasteiger partial charge in [0, 0.05) is 24.7 Å². The van der Waals surface area contributed by atoms with Gasteiger partial charge < -0.3 is 9.88 Å². The van der Waals surface area contributed by atoms with Crippen molar-refractivity contribution in [3.05, 3.63) is 69.9 Å². The minimum absolute atomic E-state index is 0.123. The number of carbonyl (C=O) groups is 1. The van der Waals surface area contributed by atoms with E-state index in [1.165, 1.54) is 4.90 Å². The number of imidazole rings is 1. The Hall–Kier alpha value is -3.10. The number of hydrogen-bond donors (Lipinski definition) is 1. The highest BCUT2D eigenvalue weighted by Crippen LogP contribution is 2.32. The smallest absolute Gasteiger partial charge is 0.338 e. The summed E-state index contributed by atoms with van der Waals surface area (Å²) < 4.78 is 53.9. The number of benzene rings is 2. The number of nitrogens with one attached hydrogen (secondary N) is 1. The lowest BCUT2D eigenvalue weighted by molar-refractivity contribution is -0.140. The number of aromatic nitrogens is 2. The molecule has 152 valence electrons. The van der Waals surface area contributed by atoms with Crippen LogP contribution in [0.25, 0.3) is 11.0 Å². The van der Waals surface area contributed by atoms with Crippen LogP contribution in [-0.2, 0) is 6.18 Å². The van der Waals surface area contributed by atoms with E-state index in [-0.39, 0.29) is 30.4 Å². The Morgan fingerprint density at radius 1 is 1.07 bits per heavy atom. The standard InChI is InChI=1S/C20H17F4N3O2/c21-15-6-5-12(11-14(15)20(22,23)24)18(28)26-9-7-13(8-10-26)27-17-4-2-1-3-16(17)25-19(27)29/h1-6,11,13H,7-10H2,(H,25,29). The number of hydrogen-bond acceptors (Lipinski definition) is 2. The Bertz CT molecular complexity index is 1120. The summed E-state index contributed by atoms with van der Waals surface area (Å²) in [6.07, 6.45) is -3.90. The first-order chi connectivity index (χ1) is 13.8. The van der Waals surface area contributed by atoms with Gasteiger partial charge in [0.1, 0.15) is 5.82 Å². The molecule has 0 aliphatic carbocycles. The monoisotopic (exact) mass is 407 g/mol. The summed E-state index contributed by atoms with van der Waals surface area (Å²) in [5.41, 5.74) is -0.396. The van der Waals surface area contributed by atoms with Crippen molar-refractivity contribution < 1.29 is 22.4 Å². The van der Waals surface area contributed by atoms with Crippen molar-refractivity contribution in [2.75, 3.05) is 13.1 Å². The van der Waals surface area contributed by atoms with Gasteiger partial charge in [-0.2, -0.15) is 13.2 Å². The van der Waals surface area contributed by atoms with E-state index < -0.39 is 23.5 Å². The van der Waals surface area contributed by atoms with Crippen LogP contribution in [0.4, 0.5) is 17.6 Å². The number of piperidine rings is 1. The minimum Gasteiger partial charge on any atom is -0.338 e. The number of aromatic amines is 1. The highest BCUT2D eigenvalue weighted by molar-refractivity contribution is 5.94. The van der Waals surface area contributed by atoms with Crippen LogP contribution in [0.15, 0.2) is 47.3 Å². The maximum Gasteiger partial charge on any atom is 0.419 e. The van der Waals surface area contributed by atoms with Crippen LogP contribution in [0.1, 0.15) is 34.8 Å². The Labute approximate surface area is 162 Å². The number of amides is 1. The summed E-state index contributed by atoms with van der Waals surface area (Å²) >= 11 is 0. The molecule has 1 amide bonds. The van der Waals surface area contributed by atoms with Crippen LogP contribution in [-0.4, -0.2) is 33.4 Å². The summed E-state index contributed by atoms with van der Waals surface area (Å²) in [6, 6.07) is 9.44. The van der Waals surface area contributed by atoms with Gasteiger partial charge >= 0.3 is 11.9 Å². The van der Waals surface area contributed by atoms with Crippen molar-refractivity contribution in [3.63, 3.8) is 0 Å². The fourth-order valence-electron chi connectivity index (χ4n) is 3.82. The van der Waals surface area contributed by atoms with Crippen LogP contribution >= 0.6 is 0 Å². The molecule has 9 heteroatoms. The van der Waals surface area contributed by atoms with Crippen LogP contribution in [0.3, 0.4) is 0 Å². The van der Waals surface area contributed by atoms with Crippen molar-refractivity contribution in [3.8, 4) is 0 Å². The average molecular weight is 407 g/mol. The van der Waals surface area contributed by atoms with Crippen molar-refractivity contribution in [2.24, 2.45) is 0 Å². The molecule has 0 atom stereocenters. The van der Waals surface area contributed by atoms with Gasteiger partial charge in [0.2, 0.25) is 0 Å². The van der Waals surface area contributed by atoms with E-state index in [4.69, 9.17) is 0 Å². The minimum atomic E-state index is -4.87. The molecule has 1 fully saturated rings. The van der Waals surface area contributed by atoms with Crippen molar-refractivity contribution in [2.45, 2.75) is 25.1 Å².